The zero-order valence-corrected chi connectivity index (χ0v) is 21.9. The van der Waals surface area contributed by atoms with Crippen LogP contribution in [0.15, 0.2) is 36.1 Å². The number of halogens is 6. The molecule has 2 aromatic heterocycles. The number of primary amides is 1. The molecule has 0 radical (unpaired) electrons. The van der Waals surface area contributed by atoms with Gasteiger partial charge in [-0.05, 0) is 18.6 Å². The molecule has 1 saturated heterocycles. The first-order chi connectivity index (χ1) is 19.0. The number of benzene rings is 1. The van der Waals surface area contributed by atoms with E-state index in [1.165, 1.54) is 12.3 Å². The predicted molar refractivity (Wildman–Crippen MR) is 136 cm³/mol. The molecule has 0 aliphatic carbocycles. The number of aliphatic hydroxyl groups is 1. The topological polar surface area (TPSA) is 172 Å². The molecule has 41 heavy (non-hydrogen) atoms. The van der Waals surface area contributed by atoms with Crippen LogP contribution < -0.4 is 21.3 Å². The molecule has 1 aliphatic rings. The van der Waals surface area contributed by atoms with E-state index in [1.54, 1.807) is 30.0 Å². The number of aromatic nitrogens is 3. The number of carboxylic acids is 1. The van der Waals surface area contributed by atoms with Gasteiger partial charge in [0, 0.05) is 37.3 Å². The lowest BCUT2D eigenvalue weighted by atomic mass is 9.89. The van der Waals surface area contributed by atoms with Crippen LogP contribution >= 0.6 is 11.3 Å². The molecule has 1 unspecified atom stereocenters. The van der Waals surface area contributed by atoms with Crippen LogP contribution in [-0.4, -0.2) is 75.6 Å². The maximum absolute atomic E-state index is 13.6. The van der Waals surface area contributed by atoms with Gasteiger partial charge in [0.2, 0.25) is 0 Å². The molecule has 1 aliphatic heterocycles. The molecule has 18 heteroatoms. The van der Waals surface area contributed by atoms with Gasteiger partial charge in [0.05, 0.1) is 23.6 Å². The largest absolute Gasteiger partial charge is 0.490 e. The van der Waals surface area contributed by atoms with Gasteiger partial charge >= 0.3 is 18.3 Å². The molecule has 11 nitrogen and oxygen atoms in total. The monoisotopic (exact) mass is 607 g/mol. The molecule has 4 rings (SSSR count). The van der Waals surface area contributed by atoms with E-state index in [0.29, 0.717) is 37.6 Å². The van der Waals surface area contributed by atoms with E-state index in [2.05, 4.69) is 19.9 Å². The summed E-state index contributed by atoms with van der Waals surface area (Å²) in [5, 5.41) is 18.4. The molecule has 6 N–H and O–H groups in total. The van der Waals surface area contributed by atoms with Crippen molar-refractivity contribution in [2.24, 2.45) is 5.73 Å². The van der Waals surface area contributed by atoms with E-state index in [1.807, 2.05) is 4.90 Å². The number of hydrogen-bond acceptors (Lipinski definition) is 10. The summed E-state index contributed by atoms with van der Waals surface area (Å²) in [5.41, 5.74) is 9.32. The number of rotatable bonds is 5. The number of aliphatic carboxylic acids is 1. The van der Waals surface area contributed by atoms with E-state index >= 15 is 0 Å². The Bertz CT molecular complexity index is 1400. The number of anilines is 3. The molecule has 1 amide bonds. The van der Waals surface area contributed by atoms with E-state index < -0.39 is 35.4 Å². The number of nitrogens with two attached hydrogens (primary N) is 2. The van der Waals surface area contributed by atoms with Crippen molar-refractivity contribution in [3.8, 4) is 11.3 Å². The van der Waals surface area contributed by atoms with Gasteiger partial charge in [-0.25, -0.2) is 14.8 Å². The maximum atomic E-state index is 13.6. The fraction of sp³-hybridized carbons (Fsp3) is 0.348. The number of alkyl halides is 6. The van der Waals surface area contributed by atoms with E-state index in [-0.39, 0.29) is 17.1 Å². The van der Waals surface area contributed by atoms with Crippen molar-refractivity contribution in [3.05, 3.63) is 47.2 Å². The highest BCUT2D eigenvalue weighted by molar-refractivity contribution is 7.13. The van der Waals surface area contributed by atoms with Crippen LogP contribution in [0.4, 0.5) is 43.0 Å². The maximum Gasteiger partial charge on any atom is 0.490 e. The van der Waals surface area contributed by atoms with Gasteiger partial charge in [-0.15, -0.1) is 11.3 Å². The second-order valence-corrected chi connectivity index (χ2v) is 9.55. The zero-order valence-electron chi connectivity index (χ0n) is 21.1. The number of nitrogens with zero attached hydrogens (tertiary/aromatic N) is 5. The van der Waals surface area contributed by atoms with Crippen molar-refractivity contribution in [1.29, 1.82) is 0 Å². The van der Waals surface area contributed by atoms with E-state index in [4.69, 9.17) is 21.4 Å². The third-order valence-electron chi connectivity index (χ3n) is 6.03. The summed E-state index contributed by atoms with van der Waals surface area (Å²) in [4.78, 5) is 37.5. The number of carbonyl (C=O) groups is 2. The zero-order chi connectivity index (χ0) is 30.8. The van der Waals surface area contributed by atoms with Gasteiger partial charge in [0.15, 0.2) is 11.6 Å². The smallest absolute Gasteiger partial charge is 0.475 e. The lowest BCUT2D eigenvalue weighted by Crippen LogP contribution is -2.52. The molecule has 0 spiro atoms. The normalized spacial score (nSPS) is 15.5. The van der Waals surface area contributed by atoms with Crippen LogP contribution in [0.1, 0.15) is 11.1 Å². The number of hydrogen-bond donors (Lipinski definition) is 4. The fourth-order valence-electron chi connectivity index (χ4n) is 3.82. The molecule has 0 bridgehead atoms. The van der Waals surface area contributed by atoms with Gasteiger partial charge in [-0.1, -0.05) is 12.1 Å². The summed E-state index contributed by atoms with van der Waals surface area (Å²) < 4.78 is 72.4. The van der Waals surface area contributed by atoms with E-state index in [0.717, 1.165) is 17.1 Å². The van der Waals surface area contributed by atoms with Gasteiger partial charge in [0.1, 0.15) is 5.00 Å². The fourth-order valence-corrected chi connectivity index (χ4v) is 4.51. The Kier molecular flexibility index (Phi) is 8.97. The SMILES string of the molecule is Cc1ccc(C(O)(C(N)=O)C(F)(F)F)cc1-c1cnc(N)c(N2CCN(c3cncs3)CC2)n1.O=C(O)C(F)(F)F. The highest BCUT2D eigenvalue weighted by atomic mass is 32.1. The molecule has 3 heterocycles. The van der Waals surface area contributed by atoms with Crippen LogP contribution in [0, 0.1) is 6.92 Å². The first-order valence-corrected chi connectivity index (χ1v) is 12.4. The van der Waals surface area contributed by atoms with Crippen LogP contribution in [0.3, 0.4) is 0 Å². The summed E-state index contributed by atoms with van der Waals surface area (Å²) in [6.45, 7) is 4.30. The van der Waals surface area contributed by atoms with Gasteiger partial charge in [-0.3, -0.25) is 9.78 Å². The lowest BCUT2D eigenvalue weighted by Gasteiger charge is -2.36. The third kappa shape index (κ3) is 6.76. The Morgan fingerprint density at radius 1 is 1.02 bits per heavy atom. The predicted octanol–water partition coefficient (Wildman–Crippen LogP) is 2.69. The summed E-state index contributed by atoms with van der Waals surface area (Å²) in [5.74, 6) is -4.08. The number of piperazine rings is 1. The highest BCUT2D eigenvalue weighted by Crippen LogP contribution is 2.40. The second-order valence-electron chi connectivity index (χ2n) is 8.68. The van der Waals surface area contributed by atoms with Crippen LogP contribution in [0.2, 0.25) is 0 Å². The van der Waals surface area contributed by atoms with Crippen molar-refractivity contribution in [2.75, 3.05) is 41.7 Å². The molecule has 3 aromatic rings. The Labute approximate surface area is 232 Å². The quantitative estimate of drug-likeness (QED) is 0.316. The summed E-state index contributed by atoms with van der Waals surface area (Å²) in [6, 6.07) is 3.43. The Hall–Kier alpha value is -4.19. The third-order valence-corrected chi connectivity index (χ3v) is 6.86. The van der Waals surface area contributed by atoms with E-state index in [9.17, 15) is 36.2 Å². The van der Waals surface area contributed by atoms with Crippen molar-refractivity contribution in [3.63, 3.8) is 0 Å². The average molecular weight is 608 g/mol. The number of carbonyl (C=O) groups excluding carboxylic acids is 1. The number of thiazole rings is 1. The van der Waals surface area contributed by atoms with Gasteiger partial charge < -0.3 is 31.5 Å². The second kappa shape index (κ2) is 11.7. The molecule has 1 fully saturated rings. The number of carboxylic acid groups (broad SMARTS) is 1. The minimum Gasteiger partial charge on any atom is -0.475 e. The van der Waals surface area contributed by atoms with Crippen LogP contribution in [0.5, 0.6) is 0 Å². The Morgan fingerprint density at radius 3 is 2.10 bits per heavy atom. The number of nitrogen functional groups attached to an aromatic ring is 1. The van der Waals surface area contributed by atoms with Crippen molar-refractivity contribution in [2.45, 2.75) is 24.9 Å². The van der Waals surface area contributed by atoms with Gasteiger partial charge in [0.25, 0.3) is 11.5 Å². The molecule has 1 atom stereocenters. The summed E-state index contributed by atoms with van der Waals surface area (Å²) in [7, 11) is 0. The first kappa shape index (κ1) is 31.3. The molecular formula is C23H23F6N7O4S. The molecule has 222 valence electrons. The lowest BCUT2D eigenvalue weighted by molar-refractivity contribution is -0.255. The average Bonchev–Trinajstić information content (AvgIpc) is 3.43. The van der Waals surface area contributed by atoms with Crippen molar-refractivity contribution in [1.82, 2.24) is 15.0 Å². The minimum absolute atomic E-state index is 0.188. The highest BCUT2D eigenvalue weighted by Gasteiger charge is 2.60. The molecule has 0 saturated carbocycles. The van der Waals surface area contributed by atoms with Crippen LogP contribution in [0.25, 0.3) is 11.3 Å². The first-order valence-electron chi connectivity index (χ1n) is 11.5. The Balaban J connectivity index is 0.000000587. The summed E-state index contributed by atoms with van der Waals surface area (Å²) >= 11 is 1.55. The minimum atomic E-state index is -5.30. The molecular weight excluding hydrogens is 584 g/mol. The Morgan fingerprint density at radius 2 is 1.61 bits per heavy atom. The van der Waals surface area contributed by atoms with Crippen molar-refractivity contribution < 1.29 is 46.1 Å². The summed E-state index contributed by atoms with van der Waals surface area (Å²) in [6.07, 6.45) is -7.24. The van der Waals surface area contributed by atoms with Crippen molar-refractivity contribution >= 4 is 39.9 Å². The molecule has 1 aromatic carbocycles. The van der Waals surface area contributed by atoms with Crippen LogP contribution in [-0.2, 0) is 15.2 Å². The number of aryl methyl sites for hydroxylation is 1. The van der Waals surface area contributed by atoms with Gasteiger partial charge in [-0.2, -0.15) is 26.3 Å². The standard InChI is InChI=1S/C21H22F3N7O2S.C2HF3O2/c1-12-2-3-13(20(33,19(26)32)21(22,23)24)8-14(12)15-9-28-17(25)18(29-15)31-6-4-30(5-7-31)16-10-27-11-34-16;3-2(4,5)1(6)7/h2-3,8-11,33H,4-7H2,1H3,(H2,25,28)(H2,26,32);(H,6,7). The number of amides is 1.